The SMILES string of the molecule is Bn1c(C)c2/c(=C(\C#N)c3cnc4cc(C)ccc4n3)n(B)c(C)c2/c1=C(\C#N)c1cnc2cc(C)ccc2n1. The predicted molar refractivity (Wildman–Crippen MR) is 161 cm³/mol. The highest BCUT2D eigenvalue weighted by atomic mass is 14.9. The van der Waals surface area contributed by atoms with Crippen molar-refractivity contribution in [2.24, 2.45) is 0 Å². The van der Waals surface area contributed by atoms with E-state index in [2.05, 4.69) is 22.1 Å². The fraction of sp³-hybridized carbons (Fsp3) is 0.133. The molecule has 10 heteroatoms. The second-order valence-electron chi connectivity index (χ2n) is 10.2. The zero-order valence-electron chi connectivity index (χ0n) is 23.2. The van der Waals surface area contributed by atoms with Crippen LogP contribution in [0.25, 0.3) is 44.0 Å². The molecule has 0 unspecified atom stereocenters. The Morgan fingerprint density at radius 2 is 1.05 bits per heavy atom. The molecule has 0 saturated carbocycles. The summed E-state index contributed by atoms with van der Waals surface area (Å²) < 4.78 is 4.01. The van der Waals surface area contributed by atoms with Gasteiger partial charge in [-0.3, -0.25) is 9.97 Å². The van der Waals surface area contributed by atoms with Crippen LogP contribution in [0.3, 0.4) is 0 Å². The lowest BCUT2D eigenvalue weighted by atomic mass is 10.1. The van der Waals surface area contributed by atoms with Crippen LogP contribution in [-0.4, -0.2) is 44.9 Å². The molecule has 0 N–H and O–H groups in total. The summed E-state index contributed by atoms with van der Waals surface area (Å²) in [6.45, 7) is 8.03. The zero-order valence-corrected chi connectivity index (χ0v) is 23.2. The summed E-state index contributed by atoms with van der Waals surface area (Å²) in [5.74, 6) is 0. The molecule has 0 saturated heterocycles. The lowest BCUT2D eigenvalue weighted by molar-refractivity contribution is 1.07. The minimum Gasteiger partial charge on any atom is -0.395 e. The van der Waals surface area contributed by atoms with Crippen LogP contribution < -0.4 is 10.7 Å². The Hall–Kier alpha value is -5.21. The quantitative estimate of drug-likeness (QED) is 0.324. The molecule has 4 heterocycles. The van der Waals surface area contributed by atoms with Crippen molar-refractivity contribution in [3.05, 3.63) is 93.4 Å². The molecule has 0 aliphatic rings. The summed E-state index contributed by atoms with van der Waals surface area (Å²) in [6, 6.07) is 16.6. The lowest BCUT2D eigenvalue weighted by Gasteiger charge is -2.07. The lowest BCUT2D eigenvalue weighted by Crippen LogP contribution is -2.24. The van der Waals surface area contributed by atoms with E-state index in [0.717, 1.165) is 66.1 Å². The largest absolute Gasteiger partial charge is 0.395 e. The number of fused-ring (bicyclic) bond motifs is 3. The Morgan fingerprint density at radius 1 is 0.650 bits per heavy atom. The Balaban J connectivity index is 1.72. The minimum absolute atomic E-state index is 0.426. The van der Waals surface area contributed by atoms with Gasteiger partial charge in [0.05, 0.1) is 45.2 Å². The highest BCUT2D eigenvalue weighted by Crippen LogP contribution is 2.23. The predicted octanol–water partition coefficient (Wildman–Crippen LogP) is 1.80. The van der Waals surface area contributed by atoms with E-state index >= 15 is 0 Å². The molecule has 8 nitrogen and oxygen atoms in total. The first-order valence-corrected chi connectivity index (χ1v) is 12.9. The van der Waals surface area contributed by atoms with E-state index in [1.54, 1.807) is 12.4 Å². The number of nitrogens with zero attached hydrogens (tertiary/aromatic N) is 8. The van der Waals surface area contributed by atoms with Crippen LogP contribution in [0, 0.1) is 50.4 Å². The van der Waals surface area contributed by atoms with Crippen LogP contribution in [0.5, 0.6) is 0 Å². The maximum Gasteiger partial charge on any atom is 0.223 e. The Kier molecular flexibility index (Phi) is 5.78. The van der Waals surface area contributed by atoms with E-state index in [4.69, 9.17) is 9.97 Å². The highest BCUT2D eigenvalue weighted by molar-refractivity contribution is 6.14. The first-order chi connectivity index (χ1) is 19.2. The normalized spacial score (nSPS) is 12.9. The zero-order chi connectivity index (χ0) is 28.3. The van der Waals surface area contributed by atoms with E-state index in [9.17, 15) is 10.5 Å². The van der Waals surface area contributed by atoms with Crippen LogP contribution in [0.2, 0.25) is 0 Å². The Labute approximate surface area is 232 Å². The van der Waals surface area contributed by atoms with Gasteiger partial charge in [-0.15, -0.1) is 0 Å². The molecule has 6 rings (SSSR count). The number of aromatic nitrogens is 6. The van der Waals surface area contributed by atoms with Crippen LogP contribution in [0.4, 0.5) is 0 Å². The molecule has 0 amide bonds. The van der Waals surface area contributed by atoms with E-state index in [-0.39, 0.29) is 0 Å². The standard InChI is InChI=1S/C30H24B2N8/c1-15-5-7-21-23(9-15)35-13-25(37-21)19(11-33)29-27-17(3)40(32)30(28(27)18(4)39(29)31)20(12-34)26-14-36-24-10-16(2)6-8-22(24)38-26/h5-10,13-14H,31-32H2,1-4H3/b29-19-,30-20-. The first-order valence-electron chi connectivity index (χ1n) is 12.9. The number of hydrogen-bond donors (Lipinski definition) is 0. The van der Waals surface area contributed by atoms with Crippen LogP contribution in [-0.2, 0) is 0 Å². The van der Waals surface area contributed by atoms with Gasteiger partial charge in [-0.1, -0.05) is 12.1 Å². The van der Waals surface area contributed by atoms with Crippen LogP contribution in [0.1, 0.15) is 33.9 Å². The Morgan fingerprint density at radius 3 is 1.43 bits per heavy atom. The molecule has 0 spiro atoms. The summed E-state index contributed by atoms with van der Waals surface area (Å²) >= 11 is 0. The Bertz CT molecular complexity index is 2100. The molecular weight excluding hydrogens is 494 g/mol. The fourth-order valence-electron chi connectivity index (χ4n) is 5.48. The van der Waals surface area contributed by atoms with Gasteiger partial charge in [0.2, 0.25) is 16.0 Å². The molecule has 0 aliphatic carbocycles. The monoisotopic (exact) mass is 518 g/mol. The molecule has 0 aliphatic heterocycles. The first kappa shape index (κ1) is 25.1. The summed E-state index contributed by atoms with van der Waals surface area (Å²) in [6.07, 6.45) is 3.32. The molecule has 6 aromatic rings. The summed E-state index contributed by atoms with van der Waals surface area (Å²) in [4.78, 5) is 18.8. The highest BCUT2D eigenvalue weighted by Gasteiger charge is 2.22. The van der Waals surface area contributed by atoms with Crippen molar-refractivity contribution in [3.63, 3.8) is 0 Å². The van der Waals surface area contributed by atoms with Gasteiger partial charge in [-0.2, -0.15) is 10.5 Å². The molecule has 0 atom stereocenters. The van der Waals surface area contributed by atoms with Gasteiger partial charge in [0.25, 0.3) is 0 Å². The third-order valence-electron chi connectivity index (χ3n) is 7.73. The maximum atomic E-state index is 10.4. The van der Waals surface area contributed by atoms with Gasteiger partial charge in [0, 0.05) is 22.2 Å². The molecule has 0 radical (unpaired) electrons. The van der Waals surface area contributed by atoms with Crippen LogP contribution in [0.15, 0.2) is 48.8 Å². The summed E-state index contributed by atoms with van der Waals surface area (Å²) in [5.41, 5.74) is 8.95. The molecule has 190 valence electrons. The second kappa shape index (κ2) is 9.21. The van der Waals surface area contributed by atoms with E-state index in [1.165, 1.54) is 0 Å². The molecule has 2 aromatic carbocycles. The summed E-state index contributed by atoms with van der Waals surface area (Å²) in [5, 5.41) is 24.1. The van der Waals surface area contributed by atoms with Crippen molar-refractivity contribution < 1.29 is 0 Å². The topological polar surface area (TPSA) is 109 Å². The van der Waals surface area contributed by atoms with Crippen molar-refractivity contribution in [1.82, 2.24) is 28.9 Å². The fourth-order valence-corrected chi connectivity index (χ4v) is 5.48. The average molecular weight is 518 g/mol. The van der Waals surface area contributed by atoms with Gasteiger partial charge in [0.1, 0.15) is 34.7 Å². The van der Waals surface area contributed by atoms with Gasteiger partial charge in [-0.05, 0) is 63.1 Å². The van der Waals surface area contributed by atoms with E-state index in [0.29, 0.717) is 22.5 Å². The number of aryl methyl sites for hydroxylation is 4. The van der Waals surface area contributed by atoms with Gasteiger partial charge in [0.15, 0.2) is 0 Å². The third-order valence-corrected chi connectivity index (χ3v) is 7.73. The number of rotatable bonds is 2. The third kappa shape index (κ3) is 3.69. The van der Waals surface area contributed by atoms with E-state index in [1.807, 2.05) is 89.0 Å². The van der Waals surface area contributed by atoms with Gasteiger partial charge in [-0.25, -0.2) is 9.97 Å². The van der Waals surface area contributed by atoms with Crippen molar-refractivity contribution >= 4 is 59.9 Å². The van der Waals surface area contributed by atoms with Gasteiger partial charge >= 0.3 is 0 Å². The van der Waals surface area contributed by atoms with Crippen LogP contribution >= 0.6 is 0 Å². The summed E-state index contributed by atoms with van der Waals surface area (Å²) in [7, 11) is 3.88. The van der Waals surface area contributed by atoms with Crippen molar-refractivity contribution in [1.29, 1.82) is 10.5 Å². The molecule has 0 bridgehead atoms. The number of hydrogen-bond acceptors (Lipinski definition) is 6. The van der Waals surface area contributed by atoms with E-state index < -0.39 is 0 Å². The molecule has 4 aromatic heterocycles. The number of benzene rings is 2. The second-order valence-corrected chi connectivity index (χ2v) is 10.2. The van der Waals surface area contributed by atoms with Crippen molar-refractivity contribution in [3.8, 4) is 12.1 Å². The average Bonchev–Trinajstić information content (AvgIpc) is 3.35. The molecule has 0 fully saturated rings. The van der Waals surface area contributed by atoms with Crippen molar-refractivity contribution in [2.45, 2.75) is 27.7 Å². The minimum atomic E-state index is 0.426. The van der Waals surface area contributed by atoms with Crippen molar-refractivity contribution in [2.75, 3.05) is 0 Å². The smallest absolute Gasteiger partial charge is 0.223 e. The molecule has 40 heavy (non-hydrogen) atoms. The molecular formula is C30H24B2N8. The maximum absolute atomic E-state index is 10.4. The van der Waals surface area contributed by atoms with Gasteiger partial charge < -0.3 is 8.96 Å². The number of nitriles is 2.